The molecule has 1 aliphatic carbocycles. The number of benzene rings is 1. The molecule has 2 unspecified atom stereocenters. The van der Waals surface area contributed by atoms with E-state index in [1.165, 1.54) is 5.56 Å². The predicted octanol–water partition coefficient (Wildman–Crippen LogP) is 3.16. The Balaban J connectivity index is 1.42. The van der Waals surface area contributed by atoms with Crippen LogP contribution in [0.15, 0.2) is 42.6 Å². The minimum atomic E-state index is -0.256. The van der Waals surface area contributed by atoms with Crippen molar-refractivity contribution in [2.24, 2.45) is 11.8 Å². The van der Waals surface area contributed by atoms with E-state index in [2.05, 4.69) is 16.4 Å². The Kier molecular flexibility index (Phi) is 6.02. The molecule has 0 radical (unpaired) electrons. The molecular weight excluding hydrogens is 376 g/mol. The number of hydrogen-bond donors (Lipinski definition) is 1. The number of carbonyl (C=O) groups is 2. The van der Waals surface area contributed by atoms with E-state index in [4.69, 9.17) is 0 Å². The number of nitrogens with one attached hydrogen (secondary N) is 1. The number of amides is 2. The van der Waals surface area contributed by atoms with Gasteiger partial charge in [0.15, 0.2) is 0 Å². The standard InChI is InChI=1S/C24H30N4O2/c1-27(2)22-12-11-17(15-25-22)16-26-23(29)19-8-4-5-9-20(19)24(30)28-14-13-18-7-3-6-10-21(18)28/h3,6-7,10-12,15,19-20H,4-5,8-9,13-14,16H2,1-2H3,(H,26,29). The molecule has 0 bridgehead atoms. The van der Waals surface area contributed by atoms with Crippen LogP contribution in [0.1, 0.15) is 36.8 Å². The van der Waals surface area contributed by atoms with Gasteiger partial charge >= 0.3 is 0 Å². The molecule has 6 heteroatoms. The summed E-state index contributed by atoms with van der Waals surface area (Å²) in [6.45, 7) is 1.15. The Morgan fingerprint density at radius 1 is 1.10 bits per heavy atom. The van der Waals surface area contributed by atoms with Crippen molar-refractivity contribution in [1.82, 2.24) is 10.3 Å². The summed E-state index contributed by atoms with van der Waals surface area (Å²) in [4.78, 5) is 34.6. The predicted molar refractivity (Wildman–Crippen MR) is 118 cm³/mol. The Bertz CT molecular complexity index is 910. The molecule has 1 N–H and O–H groups in total. The second kappa shape index (κ2) is 8.86. The maximum Gasteiger partial charge on any atom is 0.230 e. The van der Waals surface area contributed by atoms with Gasteiger partial charge in [0.2, 0.25) is 11.8 Å². The summed E-state index contributed by atoms with van der Waals surface area (Å²) in [5, 5.41) is 3.05. The largest absolute Gasteiger partial charge is 0.363 e. The molecule has 2 heterocycles. The number of anilines is 2. The molecule has 30 heavy (non-hydrogen) atoms. The smallest absolute Gasteiger partial charge is 0.230 e. The summed E-state index contributed by atoms with van der Waals surface area (Å²) in [6.07, 6.45) is 6.25. The molecule has 1 aromatic carbocycles. The van der Waals surface area contributed by atoms with Crippen LogP contribution in [0.25, 0.3) is 0 Å². The van der Waals surface area contributed by atoms with Crippen molar-refractivity contribution >= 4 is 23.3 Å². The minimum absolute atomic E-state index is 0.0165. The molecule has 1 saturated carbocycles. The molecule has 1 aromatic heterocycles. The third kappa shape index (κ3) is 4.18. The third-order valence-corrected chi connectivity index (χ3v) is 6.31. The van der Waals surface area contributed by atoms with Crippen LogP contribution in [0.4, 0.5) is 11.5 Å². The first-order chi connectivity index (χ1) is 14.5. The van der Waals surface area contributed by atoms with Gasteiger partial charge < -0.3 is 15.1 Å². The van der Waals surface area contributed by atoms with E-state index in [9.17, 15) is 9.59 Å². The molecule has 1 aliphatic heterocycles. The molecule has 158 valence electrons. The fourth-order valence-corrected chi connectivity index (χ4v) is 4.61. The highest BCUT2D eigenvalue weighted by atomic mass is 16.2. The molecule has 2 atom stereocenters. The quantitative estimate of drug-likeness (QED) is 0.828. The molecule has 1 fully saturated rings. The van der Waals surface area contributed by atoms with Crippen molar-refractivity contribution in [3.05, 3.63) is 53.7 Å². The average Bonchev–Trinajstić information content (AvgIpc) is 3.21. The number of para-hydroxylation sites is 1. The van der Waals surface area contributed by atoms with Gasteiger partial charge in [-0.1, -0.05) is 37.1 Å². The zero-order valence-electron chi connectivity index (χ0n) is 17.8. The second-order valence-electron chi connectivity index (χ2n) is 8.50. The lowest BCUT2D eigenvalue weighted by atomic mass is 9.77. The van der Waals surface area contributed by atoms with Gasteiger partial charge in [-0.05, 0) is 42.5 Å². The summed E-state index contributed by atoms with van der Waals surface area (Å²) >= 11 is 0. The van der Waals surface area contributed by atoms with Crippen LogP contribution < -0.4 is 15.1 Å². The van der Waals surface area contributed by atoms with Crippen molar-refractivity contribution < 1.29 is 9.59 Å². The van der Waals surface area contributed by atoms with Crippen LogP contribution in [-0.2, 0) is 22.6 Å². The molecule has 2 aromatic rings. The summed E-state index contributed by atoms with van der Waals surface area (Å²) in [6, 6.07) is 12.0. The van der Waals surface area contributed by atoms with Crippen molar-refractivity contribution in [3.63, 3.8) is 0 Å². The van der Waals surface area contributed by atoms with Gasteiger partial charge in [-0.25, -0.2) is 4.98 Å². The highest BCUT2D eigenvalue weighted by molar-refractivity contribution is 5.99. The number of fused-ring (bicyclic) bond motifs is 1. The van der Waals surface area contributed by atoms with Gasteiger partial charge in [0.1, 0.15) is 5.82 Å². The fourth-order valence-electron chi connectivity index (χ4n) is 4.61. The number of aromatic nitrogens is 1. The van der Waals surface area contributed by atoms with Gasteiger partial charge in [0.05, 0.1) is 5.92 Å². The van der Waals surface area contributed by atoms with Crippen molar-refractivity contribution in [3.8, 4) is 0 Å². The topological polar surface area (TPSA) is 65.5 Å². The fraction of sp³-hybridized carbons (Fsp3) is 0.458. The van der Waals surface area contributed by atoms with E-state index in [0.717, 1.165) is 49.2 Å². The lowest BCUT2D eigenvalue weighted by molar-refractivity contribution is -0.135. The first-order valence-electron chi connectivity index (χ1n) is 10.8. The zero-order chi connectivity index (χ0) is 21.1. The van der Waals surface area contributed by atoms with Gasteiger partial charge in [0, 0.05) is 45.0 Å². The van der Waals surface area contributed by atoms with Crippen LogP contribution in [0, 0.1) is 11.8 Å². The molecular formula is C24H30N4O2. The first kappa shape index (κ1) is 20.4. The molecule has 2 aliphatic rings. The monoisotopic (exact) mass is 406 g/mol. The number of rotatable bonds is 5. The van der Waals surface area contributed by atoms with E-state index < -0.39 is 0 Å². The minimum Gasteiger partial charge on any atom is -0.363 e. The van der Waals surface area contributed by atoms with Crippen LogP contribution in [0.5, 0.6) is 0 Å². The lowest BCUT2D eigenvalue weighted by Crippen LogP contribution is -2.45. The molecule has 2 amide bonds. The van der Waals surface area contributed by atoms with Crippen LogP contribution >= 0.6 is 0 Å². The maximum absolute atomic E-state index is 13.4. The average molecular weight is 407 g/mol. The Morgan fingerprint density at radius 2 is 1.87 bits per heavy atom. The van der Waals surface area contributed by atoms with Crippen LogP contribution in [-0.4, -0.2) is 37.4 Å². The highest BCUT2D eigenvalue weighted by Gasteiger charge is 2.39. The lowest BCUT2D eigenvalue weighted by Gasteiger charge is -2.32. The Morgan fingerprint density at radius 3 is 2.60 bits per heavy atom. The third-order valence-electron chi connectivity index (χ3n) is 6.31. The normalized spacial score (nSPS) is 20.5. The van der Waals surface area contributed by atoms with Gasteiger partial charge in [-0.2, -0.15) is 0 Å². The number of nitrogens with zero attached hydrogens (tertiary/aromatic N) is 3. The van der Waals surface area contributed by atoms with E-state index in [1.54, 1.807) is 6.20 Å². The summed E-state index contributed by atoms with van der Waals surface area (Å²) in [5.41, 5.74) is 3.19. The molecule has 0 spiro atoms. The zero-order valence-corrected chi connectivity index (χ0v) is 17.8. The number of hydrogen-bond acceptors (Lipinski definition) is 4. The molecule has 6 nitrogen and oxygen atoms in total. The van der Waals surface area contributed by atoms with Crippen molar-refractivity contribution in [1.29, 1.82) is 0 Å². The first-order valence-corrected chi connectivity index (χ1v) is 10.8. The molecule has 0 saturated heterocycles. The van der Waals surface area contributed by atoms with Crippen LogP contribution in [0.3, 0.4) is 0 Å². The van der Waals surface area contributed by atoms with E-state index in [0.29, 0.717) is 13.1 Å². The van der Waals surface area contributed by atoms with Crippen molar-refractivity contribution in [2.45, 2.75) is 38.6 Å². The van der Waals surface area contributed by atoms with Crippen molar-refractivity contribution in [2.75, 3.05) is 30.4 Å². The summed E-state index contributed by atoms with van der Waals surface area (Å²) < 4.78 is 0. The van der Waals surface area contributed by atoms with E-state index >= 15 is 0 Å². The number of pyridine rings is 1. The highest BCUT2D eigenvalue weighted by Crippen LogP contribution is 2.36. The van der Waals surface area contributed by atoms with Crippen LogP contribution in [0.2, 0.25) is 0 Å². The van der Waals surface area contributed by atoms with Gasteiger partial charge in [-0.3, -0.25) is 9.59 Å². The second-order valence-corrected chi connectivity index (χ2v) is 8.50. The van der Waals surface area contributed by atoms with E-state index in [1.807, 2.05) is 54.2 Å². The van der Waals surface area contributed by atoms with Gasteiger partial charge in [-0.15, -0.1) is 0 Å². The summed E-state index contributed by atoms with van der Waals surface area (Å²) in [7, 11) is 3.89. The maximum atomic E-state index is 13.4. The molecule has 4 rings (SSSR count). The SMILES string of the molecule is CN(C)c1ccc(CNC(=O)C2CCCCC2C(=O)N2CCc3ccccc32)cn1. The Hall–Kier alpha value is -2.89. The van der Waals surface area contributed by atoms with E-state index in [-0.39, 0.29) is 23.7 Å². The summed E-state index contributed by atoms with van der Waals surface area (Å²) in [5.74, 6) is 0.482. The van der Waals surface area contributed by atoms with Gasteiger partial charge in [0.25, 0.3) is 0 Å². The number of carbonyl (C=O) groups excluding carboxylic acids is 2. The Labute approximate surface area is 178 Å².